The zero-order chi connectivity index (χ0) is 20.5. The summed E-state index contributed by atoms with van der Waals surface area (Å²) in [6, 6.07) is 21.3. The van der Waals surface area contributed by atoms with Gasteiger partial charge in [-0.1, -0.05) is 77.8 Å². The Balaban J connectivity index is 1.99. The minimum absolute atomic E-state index is 0.0192. The van der Waals surface area contributed by atoms with Crippen LogP contribution in [0.3, 0.4) is 0 Å². The highest BCUT2D eigenvalue weighted by Crippen LogP contribution is 2.44. The molecule has 1 atom stereocenters. The SMILES string of the molecule is O=C1C(=O)N(c2cccc(Cl)c2)[C@H](c2ccccc2Cl)C1=C(O)c1ccccc1. The Hall–Kier alpha value is -3.08. The summed E-state index contributed by atoms with van der Waals surface area (Å²) in [5.74, 6) is -1.79. The Morgan fingerprint density at radius 3 is 2.24 bits per heavy atom. The molecule has 3 aromatic carbocycles. The van der Waals surface area contributed by atoms with Gasteiger partial charge in [0.2, 0.25) is 0 Å². The van der Waals surface area contributed by atoms with Gasteiger partial charge < -0.3 is 5.11 Å². The average Bonchev–Trinajstić information content (AvgIpc) is 2.99. The van der Waals surface area contributed by atoms with E-state index in [1.165, 1.54) is 4.90 Å². The second-order valence-corrected chi connectivity index (χ2v) is 7.38. The molecule has 4 rings (SSSR count). The highest BCUT2D eigenvalue weighted by atomic mass is 35.5. The fraction of sp³-hybridized carbons (Fsp3) is 0.0435. The van der Waals surface area contributed by atoms with Gasteiger partial charge in [0.05, 0.1) is 11.6 Å². The number of hydrogen-bond donors (Lipinski definition) is 1. The van der Waals surface area contributed by atoms with Crippen molar-refractivity contribution in [3.8, 4) is 0 Å². The van der Waals surface area contributed by atoms with Crippen molar-refractivity contribution in [2.24, 2.45) is 0 Å². The van der Waals surface area contributed by atoms with Crippen LogP contribution in [0.2, 0.25) is 10.0 Å². The van der Waals surface area contributed by atoms with Crippen LogP contribution in [0, 0.1) is 0 Å². The lowest BCUT2D eigenvalue weighted by molar-refractivity contribution is -0.132. The molecule has 0 unspecified atom stereocenters. The standard InChI is InChI=1S/C23H15Cl2NO3/c24-15-9-6-10-16(13-15)26-20(17-11-4-5-12-18(17)25)19(22(28)23(26)29)21(27)14-7-2-1-3-8-14/h1-13,20,27H/t20-/m1/s1. The number of amides is 1. The van der Waals surface area contributed by atoms with E-state index in [0.29, 0.717) is 26.9 Å². The first kappa shape index (κ1) is 19.2. The second kappa shape index (κ2) is 7.74. The van der Waals surface area contributed by atoms with E-state index >= 15 is 0 Å². The highest BCUT2D eigenvalue weighted by Gasteiger charge is 2.47. The molecule has 1 saturated heterocycles. The molecule has 1 heterocycles. The first-order valence-corrected chi connectivity index (χ1v) is 9.61. The number of rotatable bonds is 3. The third kappa shape index (κ3) is 3.41. The first-order chi connectivity index (χ1) is 14.0. The molecule has 0 radical (unpaired) electrons. The molecule has 0 aromatic heterocycles. The number of carbonyl (C=O) groups excluding carboxylic acids is 2. The van der Waals surface area contributed by atoms with Crippen molar-refractivity contribution in [2.45, 2.75) is 6.04 Å². The highest BCUT2D eigenvalue weighted by molar-refractivity contribution is 6.52. The van der Waals surface area contributed by atoms with Crippen LogP contribution in [0.4, 0.5) is 5.69 Å². The average molecular weight is 424 g/mol. The number of aliphatic hydroxyl groups is 1. The summed E-state index contributed by atoms with van der Waals surface area (Å²) in [4.78, 5) is 27.3. The van der Waals surface area contributed by atoms with E-state index in [2.05, 4.69) is 0 Å². The monoisotopic (exact) mass is 423 g/mol. The van der Waals surface area contributed by atoms with Gasteiger partial charge in [-0.15, -0.1) is 0 Å². The Bertz CT molecular complexity index is 1140. The lowest BCUT2D eigenvalue weighted by Gasteiger charge is -2.26. The summed E-state index contributed by atoms with van der Waals surface area (Å²) in [5.41, 5.74) is 1.39. The van der Waals surface area contributed by atoms with Gasteiger partial charge in [-0.3, -0.25) is 14.5 Å². The molecule has 0 spiro atoms. The van der Waals surface area contributed by atoms with E-state index in [0.717, 1.165) is 0 Å². The third-order valence-corrected chi connectivity index (χ3v) is 5.36. The molecule has 0 aliphatic carbocycles. The minimum Gasteiger partial charge on any atom is -0.507 e. The van der Waals surface area contributed by atoms with Gasteiger partial charge in [-0.05, 0) is 29.8 Å². The second-order valence-electron chi connectivity index (χ2n) is 6.54. The number of ketones is 1. The summed E-state index contributed by atoms with van der Waals surface area (Å²) in [7, 11) is 0. The van der Waals surface area contributed by atoms with Crippen LogP contribution in [0.15, 0.2) is 84.4 Å². The molecule has 1 fully saturated rings. The van der Waals surface area contributed by atoms with E-state index in [1.807, 2.05) is 0 Å². The molecule has 0 saturated carbocycles. The van der Waals surface area contributed by atoms with Crippen LogP contribution in [-0.4, -0.2) is 16.8 Å². The Morgan fingerprint density at radius 1 is 0.862 bits per heavy atom. The molecular formula is C23H15Cl2NO3. The van der Waals surface area contributed by atoms with Gasteiger partial charge in [-0.25, -0.2) is 0 Å². The van der Waals surface area contributed by atoms with E-state index in [1.54, 1.807) is 78.9 Å². The normalized spacial score (nSPS) is 18.3. The molecular weight excluding hydrogens is 409 g/mol. The van der Waals surface area contributed by atoms with Crippen LogP contribution >= 0.6 is 23.2 Å². The number of Topliss-reactive ketones (excluding diaryl/α,β-unsaturated/α-hetero) is 1. The molecule has 1 N–H and O–H groups in total. The lowest BCUT2D eigenvalue weighted by atomic mass is 9.95. The third-order valence-electron chi connectivity index (χ3n) is 4.78. The topological polar surface area (TPSA) is 57.6 Å². The fourth-order valence-corrected chi connectivity index (χ4v) is 3.89. The summed E-state index contributed by atoms with van der Waals surface area (Å²) < 4.78 is 0. The number of hydrogen-bond acceptors (Lipinski definition) is 3. The minimum atomic E-state index is -0.887. The molecule has 1 aliphatic heterocycles. The zero-order valence-electron chi connectivity index (χ0n) is 15.0. The first-order valence-electron chi connectivity index (χ1n) is 8.85. The molecule has 29 heavy (non-hydrogen) atoms. The van der Waals surface area contributed by atoms with Gasteiger partial charge in [0.25, 0.3) is 11.7 Å². The molecule has 144 valence electrons. The number of benzene rings is 3. The summed E-state index contributed by atoms with van der Waals surface area (Å²) >= 11 is 12.5. The van der Waals surface area contributed by atoms with Crippen molar-refractivity contribution in [3.05, 3.63) is 106 Å². The molecule has 1 amide bonds. The van der Waals surface area contributed by atoms with Crippen LogP contribution in [-0.2, 0) is 9.59 Å². The largest absolute Gasteiger partial charge is 0.507 e. The number of anilines is 1. The maximum Gasteiger partial charge on any atom is 0.300 e. The van der Waals surface area contributed by atoms with Crippen LogP contribution < -0.4 is 4.90 Å². The number of carbonyl (C=O) groups is 2. The van der Waals surface area contributed by atoms with Crippen molar-refractivity contribution < 1.29 is 14.7 Å². The van der Waals surface area contributed by atoms with E-state index in [9.17, 15) is 14.7 Å². The Labute approximate surface area is 177 Å². The predicted molar refractivity (Wildman–Crippen MR) is 114 cm³/mol. The quantitative estimate of drug-likeness (QED) is 0.337. The van der Waals surface area contributed by atoms with Gasteiger partial charge in [0.15, 0.2) is 0 Å². The zero-order valence-corrected chi connectivity index (χ0v) is 16.6. The maximum atomic E-state index is 13.0. The van der Waals surface area contributed by atoms with Crippen LogP contribution in [0.25, 0.3) is 5.76 Å². The van der Waals surface area contributed by atoms with Gasteiger partial charge in [0, 0.05) is 21.3 Å². The summed E-state index contributed by atoms with van der Waals surface area (Å²) in [6.07, 6.45) is 0. The number of nitrogens with zero attached hydrogens (tertiary/aromatic N) is 1. The molecule has 0 bridgehead atoms. The molecule has 1 aliphatic rings. The van der Waals surface area contributed by atoms with Gasteiger partial charge >= 0.3 is 0 Å². The Morgan fingerprint density at radius 2 is 1.55 bits per heavy atom. The summed E-state index contributed by atoms with van der Waals surface area (Å²) in [5, 5.41) is 11.8. The van der Waals surface area contributed by atoms with Gasteiger partial charge in [-0.2, -0.15) is 0 Å². The van der Waals surface area contributed by atoms with Crippen molar-refractivity contribution in [2.75, 3.05) is 4.90 Å². The molecule has 3 aromatic rings. The van der Waals surface area contributed by atoms with E-state index < -0.39 is 17.7 Å². The number of aliphatic hydroxyl groups excluding tert-OH is 1. The molecule has 4 nitrogen and oxygen atoms in total. The smallest absolute Gasteiger partial charge is 0.300 e. The van der Waals surface area contributed by atoms with Crippen LogP contribution in [0.1, 0.15) is 17.2 Å². The van der Waals surface area contributed by atoms with Crippen LogP contribution in [0.5, 0.6) is 0 Å². The van der Waals surface area contributed by atoms with E-state index in [-0.39, 0.29) is 11.3 Å². The lowest BCUT2D eigenvalue weighted by Crippen LogP contribution is -2.29. The van der Waals surface area contributed by atoms with Crippen molar-refractivity contribution >= 4 is 46.3 Å². The van der Waals surface area contributed by atoms with Crippen molar-refractivity contribution in [1.29, 1.82) is 0 Å². The maximum absolute atomic E-state index is 13.0. The van der Waals surface area contributed by atoms with Crippen molar-refractivity contribution in [3.63, 3.8) is 0 Å². The predicted octanol–water partition coefficient (Wildman–Crippen LogP) is 5.62. The van der Waals surface area contributed by atoms with Gasteiger partial charge in [0.1, 0.15) is 5.76 Å². The summed E-state index contributed by atoms with van der Waals surface area (Å²) in [6.45, 7) is 0. The van der Waals surface area contributed by atoms with Crippen molar-refractivity contribution in [1.82, 2.24) is 0 Å². The Kier molecular flexibility index (Phi) is 5.14. The van der Waals surface area contributed by atoms with E-state index in [4.69, 9.17) is 23.2 Å². The number of halogens is 2. The molecule has 6 heteroatoms. The fourth-order valence-electron chi connectivity index (χ4n) is 3.47.